The van der Waals surface area contributed by atoms with Gasteiger partial charge in [0, 0.05) is 17.9 Å². The second kappa shape index (κ2) is 8.94. The molecular weight excluding hydrogens is 346 g/mol. The zero-order valence-electron chi connectivity index (χ0n) is 14.7. The van der Waals surface area contributed by atoms with Crippen molar-refractivity contribution < 1.29 is 13.6 Å². The fraction of sp³-hybridized carbons (Fsp3) is 0.136. The van der Waals surface area contributed by atoms with Crippen LogP contribution >= 0.6 is 0 Å². The number of anilines is 2. The highest BCUT2D eigenvalue weighted by atomic mass is 19.1. The van der Waals surface area contributed by atoms with E-state index in [0.29, 0.717) is 29.8 Å². The molecule has 0 heterocycles. The van der Waals surface area contributed by atoms with E-state index in [1.807, 2.05) is 18.2 Å². The Labute approximate surface area is 157 Å². The first-order chi connectivity index (χ1) is 13.1. The molecule has 0 aliphatic heterocycles. The predicted octanol–water partition coefficient (Wildman–Crippen LogP) is 4.80. The maximum Gasteiger partial charge on any atom is 0.228 e. The van der Waals surface area contributed by atoms with Gasteiger partial charge in [-0.1, -0.05) is 30.3 Å². The van der Waals surface area contributed by atoms with E-state index < -0.39 is 0 Å². The summed E-state index contributed by atoms with van der Waals surface area (Å²) in [5.74, 6) is -0.761. The van der Waals surface area contributed by atoms with Crippen molar-refractivity contribution in [1.29, 1.82) is 0 Å². The van der Waals surface area contributed by atoms with Gasteiger partial charge in [0.15, 0.2) is 0 Å². The Balaban J connectivity index is 1.48. The molecule has 3 aromatic carbocycles. The molecule has 0 radical (unpaired) electrons. The normalized spacial score (nSPS) is 10.4. The summed E-state index contributed by atoms with van der Waals surface area (Å²) in [5.41, 5.74) is 2.84. The van der Waals surface area contributed by atoms with E-state index in [9.17, 15) is 13.6 Å². The smallest absolute Gasteiger partial charge is 0.228 e. The summed E-state index contributed by atoms with van der Waals surface area (Å²) < 4.78 is 26.7. The lowest BCUT2D eigenvalue weighted by molar-refractivity contribution is -0.115. The third-order valence-electron chi connectivity index (χ3n) is 4.10. The van der Waals surface area contributed by atoms with Crippen LogP contribution < -0.4 is 10.6 Å². The van der Waals surface area contributed by atoms with Crippen molar-refractivity contribution in [2.45, 2.75) is 12.8 Å². The van der Waals surface area contributed by atoms with Gasteiger partial charge in [0.25, 0.3) is 0 Å². The van der Waals surface area contributed by atoms with Crippen molar-refractivity contribution in [2.75, 3.05) is 17.2 Å². The first kappa shape index (κ1) is 18.6. The van der Waals surface area contributed by atoms with Gasteiger partial charge in [0.05, 0.1) is 6.42 Å². The van der Waals surface area contributed by atoms with Gasteiger partial charge in [-0.3, -0.25) is 4.79 Å². The summed E-state index contributed by atoms with van der Waals surface area (Å²) in [5, 5.41) is 6.01. The Morgan fingerprint density at radius 3 is 2.33 bits per heavy atom. The average molecular weight is 366 g/mol. The van der Waals surface area contributed by atoms with E-state index in [2.05, 4.69) is 10.6 Å². The van der Waals surface area contributed by atoms with E-state index in [4.69, 9.17) is 0 Å². The van der Waals surface area contributed by atoms with Gasteiger partial charge < -0.3 is 10.6 Å². The van der Waals surface area contributed by atoms with Gasteiger partial charge >= 0.3 is 0 Å². The number of nitrogens with one attached hydrogen (secondary N) is 2. The van der Waals surface area contributed by atoms with Crippen molar-refractivity contribution in [3.05, 3.63) is 95.6 Å². The number of hydrogen-bond donors (Lipinski definition) is 2. The van der Waals surface area contributed by atoms with Gasteiger partial charge in [-0.2, -0.15) is 0 Å². The highest BCUT2D eigenvalue weighted by Crippen LogP contribution is 2.15. The lowest BCUT2D eigenvalue weighted by Crippen LogP contribution is -2.14. The number of carbonyl (C=O) groups excluding carboxylic acids is 1. The molecular formula is C22H20F2N2O. The molecule has 0 aromatic heterocycles. The first-order valence-corrected chi connectivity index (χ1v) is 8.72. The molecule has 0 unspecified atom stereocenters. The number of amides is 1. The van der Waals surface area contributed by atoms with Crippen LogP contribution in [0.3, 0.4) is 0 Å². The quantitative estimate of drug-likeness (QED) is 0.631. The maximum atomic E-state index is 13.6. The highest BCUT2D eigenvalue weighted by molar-refractivity contribution is 5.92. The van der Waals surface area contributed by atoms with Crippen molar-refractivity contribution >= 4 is 17.3 Å². The van der Waals surface area contributed by atoms with Crippen molar-refractivity contribution in [3.8, 4) is 0 Å². The molecule has 5 heteroatoms. The summed E-state index contributed by atoms with van der Waals surface area (Å²) in [7, 11) is 0. The molecule has 1 amide bonds. The zero-order chi connectivity index (χ0) is 19.1. The fourth-order valence-electron chi connectivity index (χ4n) is 2.75. The van der Waals surface area contributed by atoms with E-state index in [0.717, 1.165) is 5.69 Å². The van der Waals surface area contributed by atoms with Crippen LogP contribution in [0.2, 0.25) is 0 Å². The molecule has 27 heavy (non-hydrogen) atoms. The van der Waals surface area contributed by atoms with Crippen molar-refractivity contribution in [1.82, 2.24) is 0 Å². The third kappa shape index (κ3) is 5.64. The fourth-order valence-corrected chi connectivity index (χ4v) is 2.75. The summed E-state index contributed by atoms with van der Waals surface area (Å²) in [6.07, 6.45) is 0.694. The van der Waals surface area contributed by atoms with Gasteiger partial charge in [0.2, 0.25) is 5.91 Å². The summed E-state index contributed by atoms with van der Waals surface area (Å²) in [6, 6.07) is 20.0. The van der Waals surface area contributed by atoms with Crippen molar-refractivity contribution in [3.63, 3.8) is 0 Å². The van der Waals surface area contributed by atoms with Gasteiger partial charge in [-0.05, 0) is 60.0 Å². The second-order valence-corrected chi connectivity index (χ2v) is 6.20. The van der Waals surface area contributed by atoms with E-state index in [1.54, 1.807) is 36.4 Å². The zero-order valence-corrected chi connectivity index (χ0v) is 14.7. The minimum absolute atomic E-state index is 0.112. The molecule has 3 rings (SSSR count). The molecule has 0 fully saturated rings. The van der Waals surface area contributed by atoms with E-state index >= 15 is 0 Å². The monoisotopic (exact) mass is 366 g/mol. The SMILES string of the molecule is O=C(Cc1cccc(F)c1)Nc1ccc(NCCc2ccccc2F)cc1. The minimum Gasteiger partial charge on any atom is -0.385 e. The lowest BCUT2D eigenvalue weighted by Gasteiger charge is -2.09. The van der Waals surface area contributed by atoms with Crippen LogP contribution in [0.1, 0.15) is 11.1 Å². The molecule has 2 N–H and O–H groups in total. The largest absolute Gasteiger partial charge is 0.385 e. The molecule has 0 saturated carbocycles. The summed E-state index contributed by atoms with van der Waals surface area (Å²) in [6.45, 7) is 0.603. The third-order valence-corrected chi connectivity index (χ3v) is 4.10. The van der Waals surface area contributed by atoms with Crippen LogP contribution in [0.15, 0.2) is 72.8 Å². The van der Waals surface area contributed by atoms with E-state index in [-0.39, 0.29) is 24.0 Å². The molecule has 0 aliphatic carbocycles. The Morgan fingerprint density at radius 1 is 0.852 bits per heavy atom. The van der Waals surface area contributed by atoms with Gasteiger partial charge in [0.1, 0.15) is 11.6 Å². The maximum absolute atomic E-state index is 13.6. The standard InChI is InChI=1S/C22H20F2N2O/c23-18-6-3-4-16(14-18)15-22(27)26-20-10-8-19(9-11-20)25-13-12-17-5-1-2-7-21(17)24/h1-11,14,25H,12-13,15H2,(H,26,27). The van der Waals surface area contributed by atoms with Gasteiger partial charge in [-0.15, -0.1) is 0 Å². The molecule has 0 aliphatic rings. The van der Waals surface area contributed by atoms with E-state index in [1.165, 1.54) is 18.2 Å². The Kier molecular flexibility index (Phi) is 6.15. The van der Waals surface area contributed by atoms with Crippen molar-refractivity contribution in [2.24, 2.45) is 0 Å². The van der Waals surface area contributed by atoms with Crippen LogP contribution in [0.5, 0.6) is 0 Å². The minimum atomic E-state index is -0.355. The second-order valence-electron chi connectivity index (χ2n) is 6.20. The Bertz CT molecular complexity index is 910. The molecule has 0 bridgehead atoms. The van der Waals surface area contributed by atoms with Crippen LogP contribution in [-0.2, 0) is 17.6 Å². The molecule has 138 valence electrons. The number of halogens is 2. The van der Waals surface area contributed by atoms with Gasteiger partial charge in [-0.25, -0.2) is 8.78 Å². The van der Waals surface area contributed by atoms with Crippen LogP contribution in [0, 0.1) is 11.6 Å². The molecule has 3 nitrogen and oxygen atoms in total. The average Bonchev–Trinajstić information content (AvgIpc) is 2.65. The molecule has 3 aromatic rings. The molecule has 0 spiro atoms. The number of hydrogen-bond acceptors (Lipinski definition) is 2. The number of rotatable bonds is 7. The summed E-state index contributed by atoms with van der Waals surface area (Å²) >= 11 is 0. The molecule has 0 atom stereocenters. The predicted molar refractivity (Wildman–Crippen MR) is 104 cm³/mol. The topological polar surface area (TPSA) is 41.1 Å². The Morgan fingerprint density at radius 2 is 1.59 bits per heavy atom. The lowest BCUT2D eigenvalue weighted by atomic mass is 10.1. The number of benzene rings is 3. The first-order valence-electron chi connectivity index (χ1n) is 8.72. The Hall–Kier alpha value is -3.21. The highest BCUT2D eigenvalue weighted by Gasteiger charge is 2.05. The van der Waals surface area contributed by atoms with Crippen LogP contribution in [0.4, 0.5) is 20.2 Å². The molecule has 0 saturated heterocycles. The number of carbonyl (C=O) groups is 1. The van der Waals surface area contributed by atoms with Crippen LogP contribution in [0.25, 0.3) is 0 Å². The van der Waals surface area contributed by atoms with Crippen LogP contribution in [-0.4, -0.2) is 12.5 Å². The summed E-state index contributed by atoms with van der Waals surface area (Å²) in [4.78, 5) is 12.1.